The van der Waals surface area contributed by atoms with Crippen molar-refractivity contribution in [3.8, 4) is 0 Å². The molecule has 1 N–H and O–H groups in total. The number of aryl methyl sites for hydroxylation is 1. The van der Waals surface area contributed by atoms with Crippen LogP contribution < -0.4 is 5.32 Å². The number of benzene rings is 2. The van der Waals surface area contributed by atoms with Gasteiger partial charge in [0.1, 0.15) is 0 Å². The van der Waals surface area contributed by atoms with Crippen LogP contribution >= 0.6 is 22.6 Å². The molecule has 2 aromatic carbocycles. The Labute approximate surface area is 169 Å². The van der Waals surface area contributed by atoms with Gasteiger partial charge in [-0.05, 0) is 59.2 Å². The fourth-order valence-corrected chi connectivity index (χ4v) is 3.84. The van der Waals surface area contributed by atoms with Crippen molar-refractivity contribution in [2.45, 2.75) is 33.0 Å². The smallest absolute Gasteiger partial charge is 0.252 e. The van der Waals surface area contributed by atoms with E-state index >= 15 is 0 Å². The van der Waals surface area contributed by atoms with E-state index in [1.165, 1.54) is 5.56 Å². The van der Waals surface area contributed by atoms with Crippen LogP contribution in [-0.4, -0.2) is 36.6 Å². The molecule has 0 bridgehead atoms. The van der Waals surface area contributed by atoms with Gasteiger partial charge >= 0.3 is 0 Å². The second-order valence-corrected chi connectivity index (χ2v) is 7.93. The average molecular weight is 464 g/mol. The summed E-state index contributed by atoms with van der Waals surface area (Å²) in [6, 6.07) is 14.3. The predicted molar refractivity (Wildman–Crippen MR) is 112 cm³/mol. The fraction of sp³-hybridized carbons (Fsp3) is 0.381. The van der Waals surface area contributed by atoms with E-state index in [1.807, 2.05) is 25.1 Å². The molecule has 0 aromatic heterocycles. The Morgan fingerprint density at radius 3 is 2.85 bits per heavy atom. The molecule has 4 nitrogen and oxygen atoms in total. The van der Waals surface area contributed by atoms with Crippen LogP contribution in [0.5, 0.6) is 0 Å². The van der Waals surface area contributed by atoms with Gasteiger partial charge in [-0.2, -0.15) is 0 Å². The molecule has 1 saturated heterocycles. The molecule has 1 atom stereocenters. The van der Waals surface area contributed by atoms with Gasteiger partial charge in [0.05, 0.1) is 18.3 Å². The Bertz CT molecular complexity index is 778. The van der Waals surface area contributed by atoms with Crippen LogP contribution in [0.1, 0.15) is 34.0 Å². The van der Waals surface area contributed by atoms with E-state index < -0.39 is 0 Å². The molecule has 26 heavy (non-hydrogen) atoms. The normalized spacial score (nSPS) is 17.9. The van der Waals surface area contributed by atoms with E-state index in [0.29, 0.717) is 12.6 Å². The number of rotatable bonds is 5. The molecule has 1 aliphatic rings. The van der Waals surface area contributed by atoms with Gasteiger partial charge in [-0.1, -0.05) is 36.4 Å². The molecule has 0 saturated carbocycles. The van der Waals surface area contributed by atoms with Crippen molar-refractivity contribution in [2.24, 2.45) is 0 Å². The summed E-state index contributed by atoms with van der Waals surface area (Å²) in [6.45, 7) is 8.33. The third-order valence-corrected chi connectivity index (χ3v) is 6.04. The summed E-state index contributed by atoms with van der Waals surface area (Å²) < 4.78 is 6.62. The lowest BCUT2D eigenvalue weighted by atomic mass is 10.1. The summed E-state index contributed by atoms with van der Waals surface area (Å²) in [6.07, 6.45) is 0.294. The van der Waals surface area contributed by atoms with E-state index in [1.54, 1.807) is 0 Å². The van der Waals surface area contributed by atoms with Crippen LogP contribution in [0.25, 0.3) is 0 Å². The number of halogens is 1. The number of carbonyl (C=O) groups excluding carboxylic acids is 1. The maximum absolute atomic E-state index is 12.5. The lowest BCUT2D eigenvalue weighted by molar-refractivity contribution is -0.0212. The van der Waals surface area contributed by atoms with Crippen molar-refractivity contribution < 1.29 is 9.53 Å². The standard InChI is InChI=1S/C21H25IN2O2/c1-15-5-3-8-19(20(15)22)21(25)23-12-17-6-4-7-18(11-17)14-24-9-10-26-16(2)13-24/h3-8,11,16H,9-10,12-14H2,1-2H3,(H,23,25). The highest BCUT2D eigenvalue weighted by Gasteiger charge is 2.16. The predicted octanol–water partition coefficient (Wildman–Crippen LogP) is 3.75. The summed E-state index contributed by atoms with van der Waals surface area (Å²) in [5.74, 6) is -0.0227. The Morgan fingerprint density at radius 2 is 2.04 bits per heavy atom. The van der Waals surface area contributed by atoms with Crippen LogP contribution in [-0.2, 0) is 17.8 Å². The Hall–Kier alpha value is -1.44. The average Bonchev–Trinajstić information content (AvgIpc) is 2.62. The van der Waals surface area contributed by atoms with E-state index in [4.69, 9.17) is 4.74 Å². The number of morpholine rings is 1. The van der Waals surface area contributed by atoms with Crippen LogP contribution in [0.4, 0.5) is 0 Å². The van der Waals surface area contributed by atoms with E-state index in [2.05, 4.69) is 64.0 Å². The number of amides is 1. The third kappa shape index (κ3) is 5.05. The zero-order valence-electron chi connectivity index (χ0n) is 15.3. The van der Waals surface area contributed by atoms with Crippen molar-refractivity contribution in [2.75, 3.05) is 19.7 Å². The quantitative estimate of drug-likeness (QED) is 0.686. The zero-order valence-corrected chi connectivity index (χ0v) is 17.5. The van der Waals surface area contributed by atoms with E-state index in [0.717, 1.165) is 46.5 Å². The van der Waals surface area contributed by atoms with Crippen LogP contribution in [0, 0.1) is 10.5 Å². The largest absolute Gasteiger partial charge is 0.376 e. The van der Waals surface area contributed by atoms with Gasteiger partial charge in [-0.15, -0.1) is 0 Å². The number of nitrogens with zero attached hydrogens (tertiary/aromatic N) is 1. The second-order valence-electron chi connectivity index (χ2n) is 6.86. The molecule has 1 aliphatic heterocycles. The minimum Gasteiger partial charge on any atom is -0.376 e. The first-order valence-electron chi connectivity index (χ1n) is 8.98. The van der Waals surface area contributed by atoms with Gasteiger partial charge in [-0.25, -0.2) is 0 Å². The van der Waals surface area contributed by atoms with E-state index in [-0.39, 0.29) is 5.91 Å². The van der Waals surface area contributed by atoms with Crippen LogP contribution in [0.15, 0.2) is 42.5 Å². The molecule has 138 valence electrons. The lowest BCUT2D eigenvalue weighted by Crippen LogP contribution is -2.40. The van der Waals surface area contributed by atoms with Gasteiger partial charge in [-0.3, -0.25) is 9.69 Å². The molecule has 1 unspecified atom stereocenters. The van der Waals surface area contributed by atoms with Gasteiger partial charge in [0.25, 0.3) is 5.91 Å². The van der Waals surface area contributed by atoms with Crippen molar-refractivity contribution >= 4 is 28.5 Å². The molecule has 1 heterocycles. The Balaban J connectivity index is 1.60. The zero-order chi connectivity index (χ0) is 18.5. The molecular formula is C21H25IN2O2. The van der Waals surface area contributed by atoms with Crippen molar-refractivity contribution in [1.29, 1.82) is 0 Å². The highest BCUT2D eigenvalue weighted by Crippen LogP contribution is 2.17. The summed E-state index contributed by atoms with van der Waals surface area (Å²) in [5, 5.41) is 3.04. The van der Waals surface area contributed by atoms with Crippen molar-refractivity contribution in [3.05, 3.63) is 68.3 Å². The van der Waals surface area contributed by atoms with Crippen LogP contribution in [0.3, 0.4) is 0 Å². The highest BCUT2D eigenvalue weighted by atomic mass is 127. The number of hydrogen-bond donors (Lipinski definition) is 1. The fourth-order valence-electron chi connectivity index (χ4n) is 3.23. The van der Waals surface area contributed by atoms with Crippen molar-refractivity contribution in [1.82, 2.24) is 10.2 Å². The summed E-state index contributed by atoms with van der Waals surface area (Å²) in [7, 11) is 0. The number of nitrogens with one attached hydrogen (secondary N) is 1. The topological polar surface area (TPSA) is 41.6 Å². The summed E-state index contributed by atoms with van der Waals surface area (Å²) >= 11 is 2.24. The molecule has 0 spiro atoms. The third-order valence-electron chi connectivity index (χ3n) is 4.61. The number of carbonyl (C=O) groups is 1. The maximum Gasteiger partial charge on any atom is 0.252 e. The number of hydrogen-bond acceptors (Lipinski definition) is 3. The first-order valence-corrected chi connectivity index (χ1v) is 10.1. The molecule has 0 aliphatic carbocycles. The first kappa shape index (κ1) is 19.3. The molecule has 5 heteroatoms. The van der Waals surface area contributed by atoms with Gasteiger partial charge < -0.3 is 10.1 Å². The molecule has 0 radical (unpaired) electrons. The minimum atomic E-state index is -0.0227. The maximum atomic E-state index is 12.5. The Kier molecular flexibility index (Phi) is 6.67. The monoisotopic (exact) mass is 464 g/mol. The molecule has 1 fully saturated rings. The SMILES string of the molecule is Cc1cccc(C(=O)NCc2cccc(CN3CCOC(C)C3)c2)c1I. The van der Waals surface area contributed by atoms with Crippen molar-refractivity contribution in [3.63, 3.8) is 0 Å². The number of ether oxygens (including phenoxy) is 1. The molecular weight excluding hydrogens is 439 g/mol. The van der Waals surface area contributed by atoms with E-state index in [9.17, 15) is 4.79 Å². The molecule has 2 aromatic rings. The summed E-state index contributed by atoms with van der Waals surface area (Å²) in [4.78, 5) is 14.9. The first-order chi connectivity index (χ1) is 12.5. The highest BCUT2D eigenvalue weighted by molar-refractivity contribution is 14.1. The summed E-state index contributed by atoms with van der Waals surface area (Å²) in [5.41, 5.74) is 4.26. The molecule has 1 amide bonds. The van der Waals surface area contributed by atoms with Gasteiger partial charge in [0, 0.05) is 29.7 Å². The Morgan fingerprint density at radius 1 is 1.27 bits per heavy atom. The minimum absolute atomic E-state index is 0.0227. The molecule has 3 rings (SSSR count). The lowest BCUT2D eigenvalue weighted by Gasteiger charge is -2.31. The van der Waals surface area contributed by atoms with Crippen LogP contribution in [0.2, 0.25) is 0 Å². The van der Waals surface area contributed by atoms with Gasteiger partial charge in [0.2, 0.25) is 0 Å². The van der Waals surface area contributed by atoms with Gasteiger partial charge in [0.15, 0.2) is 0 Å². The second kappa shape index (κ2) is 8.97.